The highest BCUT2D eigenvalue weighted by Gasteiger charge is 2.44. The van der Waals surface area contributed by atoms with Crippen LogP contribution in [0.3, 0.4) is 0 Å². The molecule has 4 heterocycles. The minimum Gasteiger partial charge on any atom is -0.371 e. The first-order valence-corrected chi connectivity index (χ1v) is 10.9. The Morgan fingerprint density at radius 1 is 1.14 bits per heavy atom. The van der Waals surface area contributed by atoms with E-state index in [1.165, 1.54) is 37.4 Å². The molecule has 0 radical (unpaired) electrons. The highest BCUT2D eigenvalue weighted by Crippen LogP contribution is 2.50. The van der Waals surface area contributed by atoms with E-state index in [1.807, 2.05) is 19.1 Å². The quantitative estimate of drug-likeness (QED) is 0.775. The van der Waals surface area contributed by atoms with Crippen LogP contribution in [0.5, 0.6) is 0 Å². The van der Waals surface area contributed by atoms with Crippen LogP contribution in [0.4, 0.5) is 11.4 Å². The Morgan fingerprint density at radius 3 is 2.93 bits per heavy atom. The first-order chi connectivity index (χ1) is 13.6. The topological polar surface area (TPSA) is 22.6 Å². The molecule has 4 nitrogen and oxygen atoms in total. The van der Waals surface area contributed by atoms with E-state index in [-0.39, 0.29) is 0 Å². The van der Waals surface area contributed by atoms with Crippen molar-refractivity contribution in [3.05, 3.63) is 52.3 Å². The average Bonchev–Trinajstić information content (AvgIpc) is 3.02. The number of nitrogens with zero attached hydrogens (tertiary/aromatic N) is 4. The number of likely N-dealkylation sites (tertiary alicyclic amines) is 1. The van der Waals surface area contributed by atoms with Crippen LogP contribution < -0.4 is 9.80 Å². The van der Waals surface area contributed by atoms with Gasteiger partial charge in [-0.2, -0.15) is 0 Å². The molecule has 0 spiro atoms. The van der Waals surface area contributed by atoms with Crippen LogP contribution in [0.1, 0.15) is 35.7 Å². The van der Waals surface area contributed by atoms with Gasteiger partial charge in [-0.3, -0.25) is 4.98 Å². The molecule has 2 atom stereocenters. The molecular formula is C23H29ClN4. The number of hydrogen-bond acceptors (Lipinski definition) is 4. The van der Waals surface area contributed by atoms with Gasteiger partial charge in [-0.1, -0.05) is 23.7 Å². The third-order valence-corrected chi connectivity index (χ3v) is 7.17. The highest BCUT2D eigenvalue weighted by molar-refractivity contribution is 6.31. The summed E-state index contributed by atoms with van der Waals surface area (Å²) in [5.41, 5.74) is 6.61. The molecule has 1 aromatic heterocycles. The molecule has 1 saturated heterocycles. The van der Waals surface area contributed by atoms with Crippen LogP contribution in [0.25, 0.3) is 0 Å². The number of piperidine rings is 1. The number of aromatic nitrogens is 1. The second-order valence-corrected chi connectivity index (χ2v) is 8.98. The van der Waals surface area contributed by atoms with E-state index in [1.54, 1.807) is 5.56 Å². The van der Waals surface area contributed by atoms with E-state index < -0.39 is 0 Å². The van der Waals surface area contributed by atoms with Gasteiger partial charge in [0, 0.05) is 50.9 Å². The van der Waals surface area contributed by atoms with Gasteiger partial charge in [-0.25, -0.2) is 0 Å². The molecule has 3 aliphatic rings. The molecular weight excluding hydrogens is 368 g/mol. The van der Waals surface area contributed by atoms with Gasteiger partial charge in [-0.05, 0) is 56.5 Å². The monoisotopic (exact) mass is 396 g/mol. The zero-order valence-electron chi connectivity index (χ0n) is 16.9. The smallest absolute Gasteiger partial charge is 0.0644 e. The summed E-state index contributed by atoms with van der Waals surface area (Å²) in [5, 5.41) is 0.805. The van der Waals surface area contributed by atoms with Crippen molar-refractivity contribution in [3.8, 4) is 0 Å². The Hall–Kier alpha value is -1.78. The Bertz CT molecular complexity index is 883. The van der Waals surface area contributed by atoms with E-state index in [0.29, 0.717) is 12.0 Å². The van der Waals surface area contributed by atoms with Crippen LogP contribution in [-0.4, -0.2) is 55.7 Å². The number of benzene rings is 1. The molecule has 1 fully saturated rings. The van der Waals surface area contributed by atoms with Gasteiger partial charge in [0.15, 0.2) is 0 Å². The largest absolute Gasteiger partial charge is 0.371 e. The number of halogens is 1. The molecule has 0 amide bonds. The van der Waals surface area contributed by atoms with Crippen molar-refractivity contribution in [2.75, 3.05) is 49.6 Å². The Balaban J connectivity index is 1.27. The molecule has 148 valence electrons. The summed E-state index contributed by atoms with van der Waals surface area (Å²) in [4.78, 5) is 12.4. The lowest BCUT2D eigenvalue weighted by atomic mass is 9.89. The number of rotatable bonds is 4. The summed E-state index contributed by atoms with van der Waals surface area (Å²) >= 11 is 6.33. The molecule has 1 aromatic carbocycles. The molecule has 0 N–H and O–H groups in total. The second kappa shape index (κ2) is 7.23. The van der Waals surface area contributed by atoms with Crippen molar-refractivity contribution in [2.24, 2.45) is 0 Å². The summed E-state index contributed by atoms with van der Waals surface area (Å²) in [6.07, 6.45) is 3.35. The van der Waals surface area contributed by atoms with Crippen LogP contribution in [-0.2, 0) is 6.42 Å². The molecule has 2 aromatic rings. The van der Waals surface area contributed by atoms with Gasteiger partial charge >= 0.3 is 0 Å². The fraction of sp³-hybridized carbons (Fsp3) is 0.522. The molecule has 5 heteroatoms. The second-order valence-electron chi connectivity index (χ2n) is 8.58. The minimum absolute atomic E-state index is 0.649. The number of fused-ring (bicyclic) bond motifs is 3. The maximum Gasteiger partial charge on any atom is 0.0644 e. The standard InChI is InChI=1S/C23H29ClN4/c1-16-8-9-19(24)20(25-16)6-4-11-27-12-10-21-18(15-27)17-5-3-7-22-23(17)28(21)14-13-26(22)2/h3,5,7-9,18,21H,4,6,10-15H2,1-2H3. The van der Waals surface area contributed by atoms with Crippen molar-refractivity contribution in [3.63, 3.8) is 0 Å². The van der Waals surface area contributed by atoms with Crippen LogP contribution in [0.2, 0.25) is 5.02 Å². The van der Waals surface area contributed by atoms with E-state index in [4.69, 9.17) is 11.6 Å². The lowest BCUT2D eigenvalue weighted by Gasteiger charge is -2.41. The predicted molar refractivity (Wildman–Crippen MR) is 117 cm³/mol. The van der Waals surface area contributed by atoms with Crippen molar-refractivity contribution < 1.29 is 0 Å². The highest BCUT2D eigenvalue weighted by atomic mass is 35.5. The van der Waals surface area contributed by atoms with Crippen LogP contribution in [0.15, 0.2) is 30.3 Å². The van der Waals surface area contributed by atoms with Gasteiger partial charge < -0.3 is 14.7 Å². The normalized spacial score (nSPS) is 23.7. The van der Waals surface area contributed by atoms with Crippen molar-refractivity contribution in [2.45, 2.75) is 38.1 Å². The lowest BCUT2D eigenvalue weighted by Crippen LogP contribution is -2.49. The molecule has 28 heavy (non-hydrogen) atoms. The van der Waals surface area contributed by atoms with Crippen molar-refractivity contribution >= 4 is 23.0 Å². The maximum atomic E-state index is 6.33. The van der Waals surface area contributed by atoms with Crippen molar-refractivity contribution in [1.29, 1.82) is 0 Å². The van der Waals surface area contributed by atoms with E-state index >= 15 is 0 Å². The zero-order chi connectivity index (χ0) is 19.3. The molecule has 5 rings (SSSR count). The summed E-state index contributed by atoms with van der Waals surface area (Å²) < 4.78 is 0. The van der Waals surface area contributed by atoms with Gasteiger partial charge in [0.25, 0.3) is 0 Å². The SMILES string of the molecule is Cc1ccc(Cl)c(CCCN2CCC3C(C2)c2cccc4c2N3CCN4C)n1. The zero-order valence-corrected chi connectivity index (χ0v) is 17.6. The molecule has 2 unspecified atom stereocenters. The number of anilines is 2. The fourth-order valence-corrected chi connectivity index (χ4v) is 5.62. The third kappa shape index (κ3) is 3.07. The first kappa shape index (κ1) is 18.3. The summed E-state index contributed by atoms with van der Waals surface area (Å²) in [7, 11) is 2.23. The summed E-state index contributed by atoms with van der Waals surface area (Å²) in [6.45, 7) is 7.84. The number of aryl methyl sites for hydroxylation is 2. The molecule has 0 bridgehead atoms. The van der Waals surface area contributed by atoms with E-state index in [0.717, 1.165) is 42.3 Å². The van der Waals surface area contributed by atoms with Crippen LogP contribution >= 0.6 is 11.6 Å². The number of hydrogen-bond donors (Lipinski definition) is 0. The fourth-order valence-electron chi connectivity index (χ4n) is 5.42. The Morgan fingerprint density at radius 2 is 2.04 bits per heavy atom. The Kier molecular flexibility index (Phi) is 4.72. The van der Waals surface area contributed by atoms with Gasteiger partial charge in [0.1, 0.15) is 0 Å². The van der Waals surface area contributed by atoms with Gasteiger partial charge in [0.2, 0.25) is 0 Å². The number of pyridine rings is 1. The maximum absolute atomic E-state index is 6.33. The van der Waals surface area contributed by atoms with E-state index in [2.05, 4.69) is 44.9 Å². The third-order valence-electron chi connectivity index (χ3n) is 6.83. The number of para-hydroxylation sites is 1. The predicted octanol–water partition coefficient (Wildman–Crippen LogP) is 4.10. The average molecular weight is 397 g/mol. The molecule has 3 aliphatic heterocycles. The van der Waals surface area contributed by atoms with Crippen molar-refractivity contribution in [1.82, 2.24) is 9.88 Å². The van der Waals surface area contributed by atoms with Gasteiger partial charge in [0.05, 0.1) is 22.1 Å². The molecule has 0 saturated carbocycles. The minimum atomic E-state index is 0.649. The van der Waals surface area contributed by atoms with Crippen LogP contribution in [0, 0.1) is 6.92 Å². The van der Waals surface area contributed by atoms with Gasteiger partial charge in [-0.15, -0.1) is 0 Å². The Labute approximate surface area is 173 Å². The first-order valence-electron chi connectivity index (χ1n) is 10.6. The summed E-state index contributed by atoms with van der Waals surface area (Å²) in [5.74, 6) is 0.649. The number of likely N-dealkylation sites (N-methyl/N-ethyl adjacent to an activating group) is 1. The molecule has 0 aliphatic carbocycles. The summed E-state index contributed by atoms with van der Waals surface area (Å²) in [6, 6.07) is 11.6. The lowest BCUT2D eigenvalue weighted by molar-refractivity contribution is 0.191. The van der Waals surface area contributed by atoms with E-state index in [9.17, 15) is 0 Å².